The lowest BCUT2D eigenvalue weighted by Gasteiger charge is -2.38. The Labute approximate surface area is 174 Å². The van der Waals surface area contributed by atoms with Crippen molar-refractivity contribution < 1.29 is 15.0 Å². The van der Waals surface area contributed by atoms with Gasteiger partial charge in [0.2, 0.25) is 0 Å². The van der Waals surface area contributed by atoms with E-state index in [2.05, 4.69) is 16.0 Å². The first-order chi connectivity index (χ1) is 13.8. The molecule has 1 aromatic heterocycles. The Kier molecular flexibility index (Phi) is 5.15. The minimum Gasteiger partial charge on any atom is -0.477 e. The van der Waals surface area contributed by atoms with E-state index in [1.54, 1.807) is 12.1 Å². The zero-order chi connectivity index (χ0) is 20.8. The Hall–Kier alpha value is -2.34. The molecule has 6 heteroatoms. The van der Waals surface area contributed by atoms with Crippen LogP contribution in [-0.4, -0.2) is 39.2 Å². The molecule has 0 atom stereocenters. The molecule has 0 unspecified atom stereocenters. The van der Waals surface area contributed by atoms with E-state index >= 15 is 0 Å². The first kappa shape index (κ1) is 20.0. The quantitative estimate of drug-likeness (QED) is 0.584. The third kappa shape index (κ3) is 3.78. The molecule has 5 nitrogen and oxygen atoms in total. The molecule has 0 aliphatic carbocycles. The van der Waals surface area contributed by atoms with Gasteiger partial charge in [0.05, 0.1) is 5.60 Å². The molecule has 1 saturated heterocycles. The number of carbonyl (C=O) groups is 1. The third-order valence-corrected chi connectivity index (χ3v) is 6.26. The highest BCUT2D eigenvalue weighted by molar-refractivity contribution is 6.30. The monoisotopic (exact) mass is 412 g/mol. The van der Waals surface area contributed by atoms with Crippen molar-refractivity contribution >= 4 is 28.5 Å². The Balaban J connectivity index is 1.58. The van der Waals surface area contributed by atoms with Crippen LogP contribution in [0, 0.1) is 13.8 Å². The van der Waals surface area contributed by atoms with Crippen LogP contribution in [0.5, 0.6) is 0 Å². The number of fused-ring (bicyclic) bond motifs is 1. The van der Waals surface area contributed by atoms with E-state index in [9.17, 15) is 15.0 Å². The summed E-state index contributed by atoms with van der Waals surface area (Å²) in [7, 11) is 0. The SMILES string of the molecule is Cc1cc(C)c2c(CN3CCC(O)(c4ccc(Cl)cc4)CC3)c(C(=O)O)[nH]c2c1. The Morgan fingerprint density at radius 1 is 1.17 bits per heavy atom. The highest BCUT2D eigenvalue weighted by Crippen LogP contribution is 2.35. The number of halogens is 1. The summed E-state index contributed by atoms with van der Waals surface area (Å²) >= 11 is 5.97. The molecule has 152 valence electrons. The number of nitrogens with one attached hydrogen (secondary N) is 1. The van der Waals surface area contributed by atoms with Crippen LogP contribution in [0.25, 0.3) is 10.9 Å². The summed E-state index contributed by atoms with van der Waals surface area (Å²) in [4.78, 5) is 17.2. The topological polar surface area (TPSA) is 76.6 Å². The average Bonchev–Trinajstić information content (AvgIpc) is 3.03. The second-order valence-electron chi connectivity index (χ2n) is 8.10. The number of aryl methyl sites for hydroxylation is 2. The summed E-state index contributed by atoms with van der Waals surface area (Å²) < 4.78 is 0. The smallest absolute Gasteiger partial charge is 0.352 e. The predicted molar refractivity (Wildman–Crippen MR) is 115 cm³/mol. The first-order valence-electron chi connectivity index (χ1n) is 9.83. The highest BCUT2D eigenvalue weighted by Gasteiger charge is 2.34. The molecule has 1 aliphatic heterocycles. The largest absolute Gasteiger partial charge is 0.477 e. The van der Waals surface area contributed by atoms with Crippen molar-refractivity contribution in [3.63, 3.8) is 0 Å². The number of aromatic amines is 1. The lowest BCUT2D eigenvalue weighted by Crippen LogP contribution is -2.42. The van der Waals surface area contributed by atoms with Gasteiger partial charge in [-0.1, -0.05) is 29.8 Å². The minimum absolute atomic E-state index is 0.257. The maximum absolute atomic E-state index is 11.8. The second kappa shape index (κ2) is 7.48. The molecule has 3 N–H and O–H groups in total. The van der Waals surface area contributed by atoms with Crippen LogP contribution in [0.1, 0.15) is 45.6 Å². The van der Waals surface area contributed by atoms with Crippen LogP contribution in [-0.2, 0) is 12.1 Å². The number of benzene rings is 2. The van der Waals surface area contributed by atoms with Gasteiger partial charge in [-0.25, -0.2) is 4.79 Å². The number of piperidine rings is 1. The van der Waals surface area contributed by atoms with E-state index < -0.39 is 11.6 Å². The van der Waals surface area contributed by atoms with Gasteiger partial charge in [0, 0.05) is 41.1 Å². The van der Waals surface area contributed by atoms with Crippen LogP contribution >= 0.6 is 11.6 Å². The number of nitrogens with zero attached hydrogens (tertiary/aromatic N) is 1. The molecule has 4 rings (SSSR count). The highest BCUT2D eigenvalue weighted by atomic mass is 35.5. The fraction of sp³-hybridized carbons (Fsp3) is 0.348. The van der Waals surface area contributed by atoms with Crippen molar-refractivity contribution in [3.05, 3.63) is 69.4 Å². The van der Waals surface area contributed by atoms with Gasteiger partial charge < -0.3 is 15.2 Å². The number of aliphatic hydroxyl groups is 1. The molecule has 0 spiro atoms. The Morgan fingerprint density at radius 2 is 1.83 bits per heavy atom. The van der Waals surface area contributed by atoms with Crippen LogP contribution in [0.2, 0.25) is 5.02 Å². The molecule has 3 aromatic rings. The molecule has 0 saturated carbocycles. The maximum atomic E-state index is 11.8. The summed E-state index contributed by atoms with van der Waals surface area (Å²) in [5.74, 6) is -0.942. The lowest BCUT2D eigenvalue weighted by molar-refractivity contribution is -0.0277. The Bertz CT molecular complexity index is 1060. The van der Waals surface area contributed by atoms with Crippen molar-refractivity contribution in [1.82, 2.24) is 9.88 Å². The van der Waals surface area contributed by atoms with Gasteiger partial charge in [-0.05, 0) is 61.6 Å². The number of aromatic carboxylic acids is 1. The van der Waals surface area contributed by atoms with E-state index in [1.165, 1.54) is 0 Å². The van der Waals surface area contributed by atoms with E-state index in [0.717, 1.165) is 33.2 Å². The van der Waals surface area contributed by atoms with Gasteiger partial charge in [-0.15, -0.1) is 0 Å². The normalized spacial score (nSPS) is 17.0. The van der Waals surface area contributed by atoms with Crippen LogP contribution in [0.3, 0.4) is 0 Å². The number of H-pyrrole nitrogens is 1. The third-order valence-electron chi connectivity index (χ3n) is 6.00. The maximum Gasteiger partial charge on any atom is 0.352 e. The minimum atomic E-state index is -0.942. The molecule has 0 amide bonds. The fourth-order valence-electron chi connectivity index (χ4n) is 4.50. The van der Waals surface area contributed by atoms with Crippen molar-refractivity contribution in [2.45, 2.75) is 38.8 Å². The van der Waals surface area contributed by atoms with Crippen LogP contribution in [0.4, 0.5) is 0 Å². The number of carboxylic acid groups (broad SMARTS) is 1. The number of hydrogen-bond acceptors (Lipinski definition) is 3. The zero-order valence-corrected chi connectivity index (χ0v) is 17.4. The first-order valence-corrected chi connectivity index (χ1v) is 10.2. The molecular formula is C23H25ClN2O3. The molecule has 0 bridgehead atoms. The molecule has 2 aromatic carbocycles. The summed E-state index contributed by atoms with van der Waals surface area (Å²) in [5.41, 5.74) is 4.13. The van der Waals surface area contributed by atoms with Gasteiger partial charge in [-0.2, -0.15) is 0 Å². The van der Waals surface area contributed by atoms with Crippen LogP contribution < -0.4 is 0 Å². The van der Waals surface area contributed by atoms with Gasteiger partial charge in [0.1, 0.15) is 5.69 Å². The van der Waals surface area contributed by atoms with Crippen molar-refractivity contribution in [3.8, 4) is 0 Å². The molecule has 0 radical (unpaired) electrons. The summed E-state index contributed by atoms with van der Waals surface area (Å²) in [6.07, 6.45) is 1.19. The summed E-state index contributed by atoms with van der Waals surface area (Å²) in [6, 6.07) is 11.4. The molecule has 1 fully saturated rings. The molecule has 1 aliphatic rings. The van der Waals surface area contributed by atoms with Crippen molar-refractivity contribution in [2.24, 2.45) is 0 Å². The predicted octanol–water partition coefficient (Wildman–Crippen LogP) is 4.62. The Morgan fingerprint density at radius 3 is 2.45 bits per heavy atom. The van der Waals surface area contributed by atoms with Crippen LogP contribution in [0.15, 0.2) is 36.4 Å². The van der Waals surface area contributed by atoms with E-state index in [-0.39, 0.29) is 5.69 Å². The standard InChI is InChI=1S/C23H25ClN2O3/c1-14-11-15(2)20-18(21(22(27)28)25-19(20)12-14)13-26-9-7-23(29,8-10-26)16-3-5-17(24)6-4-16/h3-6,11-12,25,29H,7-10,13H2,1-2H3,(H,27,28). The van der Waals surface area contributed by atoms with E-state index in [1.807, 2.05) is 32.0 Å². The number of aromatic nitrogens is 1. The van der Waals surface area contributed by atoms with Gasteiger partial charge in [0.25, 0.3) is 0 Å². The fourth-order valence-corrected chi connectivity index (χ4v) is 4.62. The van der Waals surface area contributed by atoms with Crippen molar-refractivity contribution in [2.75, 3.05) is 13.1 Å². The summed E-state index contributed by atoms with van der Waals surface area (Å²) in [6.45, 7) is 5.96. The summed E-state index contributed by atoms with van der Waals surface area (Å²) in [5, 5.41) is 22.5. The number of hydrogen-bond donors (Lipinski definition) is 3. The van der Waals surface area contributed by atoms with E-state index in [4.69, 9.17) is 11.6 Å². The van der Waals surface area contributed by atoms with Gasteiger partial charge in [0.15, 0.2) is 0 Å². The zero-order valence-electron chi connectivity index (χ0n) is 16.6. The number of carboxylic acids is 1. The van der Waals surface area contributed by atoms with Gasteiger partial charge in [-0.3, -0.25) is 4.90 Å². The lowest BCUT2D eigenvalue weighted by atomic mass is 9.84. The second-order valence-corrected chi connectivity index (χ2v) is 8.54. The van der Waals surface area contributed by atoms with Gasteiger partial charge >= 0.3 is 5.97 Å². The average molecular weight is 413 g/mol. The molecule has 2 heterocycles. The molecule has 29 heavy (non-hydrogen) atoms. The van der Waals surface area contributed by atoms with Crippen molar-refractivity contribution in [1.29, 1.82) is 0 Å². The molecular weight excluding hydrogens is 388 g/mol. The number of likely N-dealkylation sites (tertiary alicyclic amines) is 1. The van der Waals surface area contributed by atoms with E-state index in [0.29, 0.717) is 37.5 Å². The number of rotatable bonds is 4.